The molecule has 0 spiro atoms. The van der Waals surface area contributed by atoms with Gasteiger partial charge in [-0.3, -0.25) is 24.4 Å². The zero-order valence-electron chi connectivity index (χ0n) is 17.4. The maximum absolute atomic E-state index is 13.5. The van der Waals surface area contributed by atoms with E-state index in [9.17, 15) is 19.7 Å². The van der Waals surface area contributed by atoms with Gasteiger partial charge >= 0.3 is 0 Å². The third kappa shape index (κ3) is 4.46. The normalized spacial score (nSPS) is 10.9. The Labute approximate surface area is 198 Å². The van der Waals surface area contributed by atoms with Crippen LogP contribution in [0.3, 0.4) is 0 Å². The Hall–Kier alpha value is -3.68. The van der Waals surface area contributed by atoms with E-state index in [1.54, 1.807) is 72.3 Å². The van der Waals surface area contributed by atoms with Gasteiger partial charge in [-0.2, -0.15) is 0 Å². The predicted octanol–water partition coefficient (Wildman–Crippen LogP) is 5.44. The number of nitro groups is 1. The lowest BCUT2D eigenvalue weighted by Gasteiger charge is -2.14. The van der Waals surface area contributed by atoms with Crippen molar-refractivity contribution in [3.05, 3.63) is 126 Å². The van der Waals surface area contributed by atoms with E-state index in [1.807, 2.05) is 0 Å². The molecule has 0 aliphatic rings. The molecule has 0 aliphatic carbocycles. The van der Waals surface area contributed by atoms with Crippen LogP contribution in [0.1, 0.15) is 27.2 Å². The summed E-state index contributed by atoms with van der Waals surface area (Å²) in [4.78, 5) is 37.2. The van der Waals surface area contributed by atoms with Crippen LogP contribution in [-0.4, -0.2) is 20.1 Å². The van der Waals surface area contributed by atoms with E-state index in [2.05, 4.69) is 0 Å². The minimum atomic E-state index is -0.475. The Bertz CT molecular complexity index is 1400. The van der Waals surface area contributed by atoms with Crippen molar-refractivity contribution in [3.8, 4) is 5.69 Å². The number of ketones is 1. The molecule has 0 aliphatic heterocycles. The molecule has 0 amide bonds. The van der Waals surface area contributed by atoms with Gasteiger partial charge in [0.2, 0.25) is 0 Å². The molecule has 0 N–H and O–H groups in total. The second-order valence-corrected chi connectivity index (χ2v) is 8.24. The zero-order chi connectivity index (χ0) is 23.7. The number of rotatable bonds is 6. The Morgan fingerprint density at radius 1 is 0.909 bits per heavy atom. The molecule has 0 radical (unpaired) electrons. The summed E-state index contributed by atoms with van der Waals surface area (Å²) in [7, 11) is 0. The molecule has 9 heteroatoms. The number of aromatic nitrogens is 2. The molecule has 3 aromatic carbocycles. The second kappa shape index (κ2) is 9.05. The molecule has 7 nitrogen and oxygen atoms in total. The molecular formula is C24H17Cl2N3O4. The van der Waals surface area contributed by atoms with Crippen LogP contribution in [0, 0.1) is 17.0 Å². The number of hydrogen-bond donors (Lipinski definition) is 0. The van der Waals surface area contributed by atoms with Crippen molar-refractivity contribution in [1.82, 2.24) is 9.36 Å². The number of carbonyl (C=O) groups excluding carboxylic acids is 1. The number of non-ortho nitro benzene ring substituents is 1. The van der Waals surface area contributed by atoms with Gasteiger partial charge in [0.1, 0.15) is 5.56 Å². The molecule has 0 atom stereocenters. The quantitative estimate of drug-likeness (QED) is 0.208. The monoisotopic (exact) mass is 481 g/mol. The number of benzene rings is 3. The van der Waals surface area contributed by atoms with Gasteiger partial charge in [0.25, 0.3) is 11.2 Å². The number of carbonyl (C=O) groups is 1. The van der Waals surface area contributed by atoms with Crippen LogP contribution >= 0.6 is 23.2 Å². The Kier molecular flexibility index (Phi) is 6.18. The van der Waals surface area contributed by atoms with Gasteiger partial charge < -0.3 is 0 Å². The van der Waals surface area contributed by atoms with Gasteiger partial charge in [0, 0.05) is 33.4 Å². The molecule has 0 bridgehead atoms. The fourth-order valence-electron chi connectivity index (χ4n) is 3.58. The standard InChI is InChI=1S/C24H17Cl2N3O4/c1-15-22(23(30)17-4-6-18(25)7-5-17)24(31)28(20-12-8-19(26)9-13-20)27(15)14-16-2-10-21(11-3-16)29(32)33/h2-13H,14H2,1H3. The molecule has 4 aromatic rings. The minimum Gasteiger partial charge on any atom is -0.288 e. The molecule has 166 valence electrons. The number of nitrogens with zero attached hydrogens (tertiary/aromatic N) is 3. The van der Waals surface area contributed by atoms with Crippen molar-refractivity contribution in [2.24, 2.45) is 0 Å². The summed E-state index contributed by atoms with van der Waals surface area (Å²) in [6.07, 6.45) is 0. The highest BCUT2D eigenvalue weighted by Crippen LogP contribution is 2.20. The van der Waals surface area contributed by atoms with Gasteiger partial charge in [-0.15, -0.1) is 0 Å². The summed E-state index contributed by atoms with van der Waals surface area (Å²) in [5, 5.41) is 12.0. The molecular weight excluding hydrogens is 465 g/mol. The van der Waals surface area contributed by atoms with Crippen LogP contribution < -0.4 is 5.56 Å². The highest BCUT2D eigenvalue weighted by molar-refractivity contribution is 6.31. The van der Waals surface area contributed by atoms with E-state index < -0.39 is 16.3 Å². The van der Waals surface area contributed by atoms with Crippen LogP contribution in [0.2, 0.25) is 10.0 Å². The van der Waals surface area contributed by atoms with Crippen molar-refractivity contribution in [2.45, 2.75) is 13.5 Å². The van der Waals surface area contributed by atoms with E-state index in [4.69, 9.17) is 23.2 Å². The first-order valence-corrected chi connectivity index (χ1v) is 10.6. The number of hydrogen-bond acceptors (Lipinski definition) is 4. The first-order valence-electron chi connectivity index (χ1n) is 9.88. The first-order chi connectivity index (χ1) is 15.8. The summed E-state index contributed by atoms with van der Waals surface area (Å²) in [6, 6.07) is 19.1. The maximum atomic E-state index is 13.5. The number of halogens is 2. The van der Waals surface area contributed by atoms with Gasteiger partial charge in [0.05, 0.1) is 17.2 Å². The number of nitro benzene ring substituents is 1. The minimum absolute atomic E-state index is 0.0309. The van der Waals surface area contributed by atoms with Gasteiger partial charge in [-0.25, -0.2) is 4.68 Å². The molecule has 1 aromatic heterocycles. The smallest absolute Gasteiger partial charge is 0.282 e. The summed E-state index contributed by atoms with van der Waals surface area (Å²) >= 11 is 11.9. The van der Waals surface area contributed by atoms with Crippen LogP contribution in [0.15, 0.2) is 77.6 Å². The average Bonchev–Trinajstić information content (AvgIpc) is 3.04. The van der Waals surface area contributed by atoms with Crippen molar-refractivity contribution < 1.29 is 9.72 Å². The zero-order valence-corrected chi connectivity index (χ0v) is 18.9. The van der Waals surface area contributed by atoms with Crippen molar-refractivity contribution in [3.63, 3.8) is 0 Å². The molecule has 0 saturated heterocycles. The Balaban J connectivity index is 1.86. The lowest BCUT2D eigenvalue weighted by Crippen LogP contribution is -2.24. The SMILES string of the molecule is Cc1c(C(=O)c2ccc(Cl)cc2)c(=O)n(-c2ccc(Cl)cc2)n1Cc1ccc([N+](=O)[O-])cc1. The molecule has 1 heterocycles. The molecule has 33 heavy (non-hydrogen) atoms. The molecule has 0 unspecified atom stereocenters. The van der Waals surface area contributed by atoms with E-state index >= 15 is 0 Å². The summed E-state index contributed by atoms with van der Waals surface area (Å²) in [5.41, 5.74) is 1.60. The fraction of sp³-hybridized carbons (Fsp3) is 0.0833. The van der Waals surface area contributed by atoms with Crippen molar-refractivity contribution in [1.29, 1.82) is 0 Å². The van der Waals surface area contributed by atoms with Crippen LogP contribution in [0.5, 0.6) is 0 Å². The van der Waals surface area contributed by atoms with Crippen LogP contribution in [0.25, 0.3) is 5.69 Å². The average molecular weight is 482 g/mol. The van der Waals surface area contributed by atoms with Crippen LogP contribution in [-0.2, 0) is 6.54 Å². The van der Waals surface area contributed by atoms with Gasteiger partial charge in [-0.05, 0) is 61.0 Å². The maximum Gasteiger partial charge on any atom is 0.282 e. The fourth-order valence-corrected chi connectivity index (χ4v) is 3.83. The second-order valence-electron chi connectivity index (χ2n) is 7.37. The predicted molar refractivity (Wildman–Crippen MR) is 127 cm³/mol. The summed E-state index contributed by atoms with van der Waals surface area (Å²) < 4.78 is 3.09. The van der Waals surface area contributed by atoms with E-state index in [-0.39, 0.29) is 17.8 Å². The highest BCUT2D eigenvalue weighted by atomic mass is 35.5. The van der Waals surface area contributed by atoms with E-state index in [1.165, 1.54) is 16.8 Å². The Morgan fingerprint density at radius 3 is 2.00 bits per heavy atom. The van der Waals surface area contributed by atoms with Crippen molar-refractivity contribution in [2.75, 3.05) is 0 Å². The first kappa shape index (κ1) is 22.5. The van der Waals surface area contributed by atoms with E-state index in [0.717, 1.165) is 5.56 Å². The van der Waals surface area contributed by atoms with Crippen LogP contribution in [0.4, 0.5) is 5.69 Å². The lowest BCUT2D eigenvalue weighted by atomic mass is 10.0. The summed E-state index contributed by atoms with van der Waals surface area (Å²) in [5.74, 6) is -0.417. The lowest BCUT2D eigenvalue weighted by molar-refractivity contribution is -0.384. The third-order valence-electron chi connectivity index (χ3n) is 5.28. The van der Waals surface area contributed by atoms with Gasteiger partial charge in [-0.1, -0.05) is 35.3 Å². The Morgan fingerprint density at radius 2 is 1.45 bits per heavy atom. The van der Waals surface area contributed by atoms with Gasteiger partial charge in [0.15, 0.2) is 5.78 Å². The molecule has 0 fully saturated rings. The van der Waals surface area contributed by atoms with E-state index in [0.29, 0.717) is 27.0 Å². The topological polar surface area (TPSA) is 87.1 Å². The summed E-state index contributed by atoms with van der Waals surface area (Å²) in [6.45, 7) is 1.91. The molecule has 0 saturated carbocycles. The third-order valence-corrected chi connectivity index (χ3v) is 5.78. The van der Waals surface area contributed by atoms with Crippen molar-refractivity contribution >= 4 is 34.7 Å². The molecule has 4 rings (SSSR count). The highest BCUT2D eigenvalue weighted by Gasteiger charge is 2.25. The largest absolute Gasteiger partial charge is 0.288 e.